The number of urea groups is 1. The summed E-state index contributed by atoms with van der Waals surface area (Å²) in [4.78, 5) is 26.5. The van der Waals surface area contributed by atoms with Gasteiger partial charge in [-0.2, -0.15) is 8.78 Å². The molecule has 0 bridgehead atoms. The van der Waals surface area contributed by atoms with E-state index in [4.69, 9.17) is 4.74 Å². The highest BCUT2D eigenvalue weighted by Crippen LogP contribution is 2.32. The van der Waals surface area contributed by atoms with Crippen molar-refractivity contribution in [1.29, 1.82) is 0 Å². The van der Waals surface area contributed by atoms with Crippen molar-refractivity contribution in [3.8, 4) is 5.75 Å². The van der Waals surface area contributed by atoms with Crippen LogP contribution in [0.1, 0.15) is 11.6 Å². The molecule has 0 saturated carbocycles. The number of hydrogen-bond acceptors (Lipinski definition) is 4. The molecular formula is C17H19F2N3O4. The van der Waals surface area contributed by atoms with Gasteiger partial charge in [0.1, 0.15) is 11.7 Å². The number of hydrogen-bond donors (Lipinski definition) is 2. The molecule has 26 heavy (non-hydrogen) atoms. The average molecular weight is 367 g/mol. The third kappa shape index (κ3) is 3.93. The number of benzene rings is 1. The summed E-state index contributed by atoms with van der Waals surface area (Å²) >= 11 is 0. The zero-order valence-corrected chi connectivity index (χ0v) is 13.9. The normalized spacial score (nSPS) is 23.4. The number of alkyl halides is 2. The molecule has 2 N–H and O–H groups in total. The second-order valence-corrected chi connectivity index (χ2v) is 5.96. The number of nitrogens with one attached hydrogen (secondary N) is 2. The van der Waals surface area contributed by atoms with E-state index in [2.05, 4.69) is 21.9 Å². The first-order chi connectivity index (χ1) is 12.5. The number of amides is 3. The molecule has 1 aromatic carbocycles. The maximum atomic E-state index is 13.0. The van der Waals surface area contributed by atoms with E-state index < -0.39 is 24.6 Å². The fourth-order valence-corrected chi connectivity index (χ4v) is 3.09. The number of morpholine rings is 1. The smallest absolute Gasteiger partial charge is 0.387 e. The van der Waals surface area contributed by atoms with Crippen LogP contribution in [0.5, 0.6) is 5.75 Å². The summed E-state index contributed by atoms with van der Waals surface area (Å²) < 4.78 is 34.2. The van der Waals surface area contributed by atoms with Crippen molar-refractivity contribution in [2.45, 2.75) is 12.7 Å². The number of carbonyl (C=O) groups excluding carboxylic acids is 2. The molecule has 1 aromatic rings. The Balaban J connectivity index is 1.84. The number of rotatable bonds is 4. The minimum atomic E-state index is -2.92. The molecular weight excluding hydrogens is 348 g/mol. The highest BCUT2D eigenvalue weighted by atomic mass is 19.3. The van der Waals surface area contributed by atoms with Crippen molar-refractivity contribution >= 4 is 11.9 Å². The van der Waals surface area contributed by atoms with E-state index in [-0.39, 0.29) is 11.7 Å². The highest BCUT2D eigenvalue weighted by molar-refractivity contribution is 5.88. The lowest BCUT2D eigenvalue weighted by molar-refractivity contribution is -0.139. The lowest BCUT2D eigenvalue weighted by Gasteiger charge is -2.38. The average Bonchev–Trinajstić information content (AvgIpc) is 2.61. The van der Waals surface area contributed by atoms with Crippen molar-refractivity contribution in [3.05, 3.63) is 42.1 Å². The van der Waals surface area contributed by atoms with Gasteiger partial charge in [0.25, 0.3) is 0 Å². The number of nitrogens with zero attached hydrogens (tertiary/aromatic N) is 1. The van der Waals surface area contributed by atoms with E-state index in [0.717, 1.165) is 0 Å². The molecule has 2 heterocycles. The third-order valence-electron chi connectivity index (χ3n) is 4.32. The van der Waals surface area contributed by atoms with Gasteiger partial charge < -0.3 is 25.0 Å². The lowest BCUT2D eigenvalue weighted by Crippen LogP contribution is -2.55. The van der Waals surface area contributed by atoms with Crippen molar-refractivity contribution in [1.82, 2.24) is 15.5 Å². The Morgan fingerprint density at radius 1 is 1.27 bits per heavy atom. The minimum absolute atomic E-state index is 0.00102. The van der Waals surface area contributed by atoms with Crippen LogP contribution in [0, 0.1) is 5.92 Å². The van der Waals surface area contributed by atoms with E-state index in [1.807, 2.05) is 0 Å². The highest BCUT2D eigenvalue weighted by Gasteiger charge is 2.40. The van der Waals surface area contributed by atoms with Crippen LogP contribution in [0.15, 0.2) is 36.5 Å². The number of carbonyl (C=O) groups is 2. The quantitative estimate of drug-likeness (QED) is 0.848. The van der Waals surface area contributed by atoms with Gasteiger partial charge in [-0.25, -0.2) is 4.79 Å². The first kappa shape index (κ1) is 18.1. The Labute approximate surface area is 148 Å². The predicted molar refractivity (Wildman–Crippen MR) is 87.5 cm³/mol. The van der Waals surface area contributed by atoms with Crippen LogP contribution in [0.25, 0.3) is 0 Å². The standard InChI is InChI=1S/C17H19F2N3O4/c1-10-13(15(23)22-6-8-25-9-7-22)14(21-17(24)20-10)11-2-4-12(5-3-11)26-16(18)19/h2-5,13-14,16H,1,6-9H2,(H2,20,21,24)/t13-,14+/m1/s1. The van der Waals surface area contributed by atoms with Crippen LogP contribution in [-0.4, -0.2) is 49.8 Å². The number of halogens is 2. The predicted octanol–water partition coefficient (Wildman–Crippen LogP) is 1.63. The summed E-state index contributed by atoms with van der Waals surface area (Å²) in [5, 5.41) is 5.25. The summed E-state index contributed by atoms with van der Waals surface area (Å²) in [6.07, 6.45) is 0. The van der Waals surface area contributed by atoms with Crippen LogP contribution in [0.4, 0.5) is 13.6 Å². The van der Waals surface area contributed by atoms with Crippen molar-refractivity contribution in [2.24, 2.45) is 5.92 Å². The lowest BCUT2D eigenvalue weighted by atomic mass is 9.87. The van der Waals surface area contributed by atoms with Crippen LogP contribution in [-0.2, 0) is 9.53 Å². The first-order valence-corrected chi connectivity index (χ1v) is 8.13. The zero-order chi connectivity index (χ0) is 18.7. The second kappa shape index (κ2) is 7.69. The summed E-state index contributed by atoms with van der Waals surface area (Å²) in [6, 6.07) is 4.69. The van der Waals surface area contributed by atoms with Crippen molar-refractivity contribution in [2.75, 3.05) is 26.3 Å². The molecule has 3 amide bonds. The monoisotopic (exact) mass is 367 g/mol. The van der Waals surface area contributed by atoms with Crippen LogP contribution >= 0.6 is 0 Å². The summed E-state index contributed by atoms with van der Waals surface area (Å²) in [5.41, 5.74) is 0.886. The van der Waals surface area contributed by atoms with Crippen LogP contribution in [0.3, 0.4) is 0 Å². The molecule has 0 spiro atoms. The summed E-state index contributed by atoms with van der Waals surface area (Å²) in [7, 11) is 0. The fourth-order valence-electron chi connectivity index (χ4n) is 3.09. The van der Waals surface area contributed by atoms with Gasteiger partial charge in [0.15, 0.2) is 0 Å². The molecule has 2 saturated heterocycles. The van der Waals surface area contributed by atoms with E-state index >= 15 is 0 Å². The fraction of sp³-hybridized carbons (Fsp3) is 0.412. The molecule has 2 fully saturated rings. The van der Waals surface area contributed by atoms with Gasteiger partial charge in [0.2, 0.25) is 5.91 Å². The SMILES string of the molecule is C=C1NC(=O)N[C@@H](c2ccc(OC(F)F)cc2)[C@@H]1C(=O)N1CCOCC1. The molecule has 140 valence electrons. The molecule has 9 heteroatoms. The van der Waals surface area contributed by atoms with E-state index in [1.54, 1.807) is 17.0 Å². The Morgan fingerprint density at radius 2 is 1.92 bits per heavy atom. The van der Waals surface area contributed by atoms with Gasteiger partial charge in [-0.1, -0.05) is 18.7 Å². The third-order valence-corrected chi connectivity index (χ3v) is 4.32. The first-order valence-electron chi connectivity index (χ1n) is 8.13. The van der Waals surface area contributed by atoms with Gasteiger partial charge in [-0.3, -0.25) is 4.79 Å². The molecule has 0 aliphatic carbocycles. The van der Waals surface area contributed by atoms with Gasteiger partial charge in [0, 0.05) is 18.8 Å². The number of ether oxygens (including phenoxy) is 2. The van der Waals surface area contributed by atoms with E-state index in [9.17, 15) is 18.4 Å². The van der Waals surface area contributed by atoms with E-state index in [0.29, 0.717) is 37.6 Å². The molecule has 2 aliphatic rings. The van der Waals surface area contributed by atoms with Crippen LogP contribution in [0.2, 0.25) is 0 Å². The van der Waals surface area contributed by atoms with Gasteiger partial charge in [0.05, 0.1) is 19.3 Å². The Kier molecular flexibility index (Phi) is 5.36. The maximum absolute atomic E-state index is 13.0. The topological polar surface area (TPSA) is 79.9 Å². The molecule has 0 aromatic heterocycles. The summed E-state index contributed by atoms with van der Waals surface area (Å²) in [5.74, 6) is -0.893. The second-order valence-electron chi connectivity index (χ2n) is 5.96. The molecule has 7 nitrogen and oxygen atoms in total. The van der Waals surface area contributed by atoms with Crippen LogP contribution < -0.4 is 15.4 Å². The Morgan fingerprint density at radius 3 is 2.54 bits per heavy atom. The van der Waals surface area contributed by atoms with Gasteiger partial charge in [-0.05, 0) is 17.7 Å². The molecule has 2 aliphatic heterocycles. The molecule has 2 atom stereocenters. The summed E-state index contributed by atoms with van der Waals surface area (Å²) in [6.45, 7) is 2.73. The Bertz CT molecular complexity index is 690. The molecule has 0 unspecified atom stereocenters. The van der Waals surface area contributed by atoms with Crippen molar-refractivity contribution in [3.63, 3.8) is 0 Å². The minimum Gasteiger partial charge on any atom is -0.435 e. The maximum Gasteiger partial charge on any atom is 0.387 e. The van der Waals surface area contributed by atoms with E-state index in [1.165, 1.54) is 12.1 Å². The zero-order valence-electron chi connectivity index (χ0n) is 13.9. The Hall–Kier alpha value is -2.68. The van der Waals surface area contributed by atoms with Gasteiger partial charge in [-0.15, -0.1) is 0 Å². The molecule has 3 rings (SSSR count). The van der Waals surface area contributed by atoms with Crippen molar-refractivity contribution < 1.29 is 27.8 Å². The van der Waals surface area contributed by atoms with Gasteiger partial charge >= 0.3 is 12.6 Å². The molecule has 0 radical (unpaired) electrons. The largest absolute Gasteiger partial charge is 0.435 e.